The van der Waals surface area contributed by atoms with Crippen LogP contribution >= 0.6 is 15.9 Å². The summed E-state index contributed by atoms with van der Waals surface area (Å²) in [5.41, 5.74) is 0. The molecule has 0 aromatic rings. The van der Waals surface area contributed by atoms with Crippen molar-refractivity contribution >= 4 is 15.9 Å². The van der Waals surface area contributed by atoms with Crippen molar-refractivity contribution in [1.82, 2.24) is 0 Å². The fourth-order valence-corrected chi connectivity index (χ4v) is 4.14. The van der Waals surface area contributed by atoms with Gasteiger partial charge in [-0.05, 0) is 12.8 Å². The molecule has 1 fully saturated rings. The third kappa shape index (κ3) is 19.5. The van der Waals surface area contributed by atoms with Gasteiger partial charge in [-0.15, -0.1) is 0 Å². The van der Waals surface area contributed by atoms with E-state index in [1.165, 1.54) is 116 Å². The van der Waals surface area contributed by atoms with Crippen molar-refractivity contribution in [1.29, 1.82) is 0 Å². The predicted molar refractivity (Wildman–Crippen MR) is 122 cm³/mol. The van der Waals surface area contributed by atoms with Gasteiger partial charge in [0.25, 0.3) is 0 Å². The van der Waals surface area contributed by atoms with Gasteiger partial charge in [0.15, 0.2) is 0 Å². The molecule has 0 bridgehead atoms. The Morgan fingerprint density at radius 2 is 1.07 bits per heavy atom. The van der Waals surface area contributed by atoms with Gasteiger partial charge in [-0.25, -0.2) is 0 Å². The van der Waals surface area contributed by atoms with Crippen LogP contribution in [0.15, 0.2) is 0 Å². The first-order valence-electron chi connectivity index (χ1n) is 12.2. The first kappa shape index (κ1) is 25.4. The first-order chi connectivity index (χ1) is 13.3. The van der Waals surface area contributed by atoms with E-state index in [0.717, 1.165) is 19.6 Å². The molecule has 2 nitrogen and oxygen atoms in total. The Bertz CT molecular complexity index is 294. The molecule has 0 aliphatic carbocycles. The Morgan fingerprint density at radius 3 is 1.44 bits per heavy atom. The molecule has 0 aromatic heterocycles. The van der Waals surface area contributed by atoms with Gasteiger partial charge in [0.05, 0.1) is 13.2 Å². The van der Waals surface area contributed by atoms with E-state index >= 15 is 0 Å². The third-order valence-corrected chi connectivity index (χ3v) is 6.37. The summed E-state index contributed by atoms with van der Waals surface area (Å²) in [6.07, 6.45) is 27.3. The van der Waals surface area contributed by atoms with Gasteiger partial charge in [-0.3, -0.25) is 0 Å². The van der Waals surface area contributed by atoms with Crippen LogP contribution in [0.4, 0.5) is 0 Å². The zero-order valence-corrected chi connectivity index (χ0v) is 19.8. The quantitative estimate of drug-likeness (QED) is 0.0942. The molecule has 0 amide bonds. The van der Waals surface area contributed by atoms with Crippen molar-refractivity contribution in [3.05, 3.63) is 0 Å². The number of rotatable bonds is 22. The molecule has 1 aliphatic heterocycles. The summed E-state index contributed by atoms with van der Waals surface area (Å²) in [4.78, 5) is 0. The average Bonchev–Trinajstić information content (AvgIpc) is 3.50. The van der Waals surface area contributed by atoms with E-state index in [0.29, 0.717) is 6.10 Å². The SMILES string of the molecule is CCCCCCCCCCCCCCCCCCCC[C@H](Br)OCC1CO1. The smallest absolute Gasteiger partial charge is 0.112 e. The summed E-state index contributed by atoms with van der Waals surface area (Å²) in [5.74, 6) is 0. The average molecular weight is 448 g/mol. The minimum Gasteiger partial charge on any atom is -0.371 e. The molecule has 0 N–H and O–H groups in total. The second-order valence-electron chi connectivity index (χ2n) is 8.50. The molecule has 0 aromatic carbocycles. The number of hydrogen-bond donors (Lipinski definition) is 0. The van der Waals surface area contributed by atoms with Crippen molar-refractivity contribution in [2.75, 3.05) is 13.2 Å². The van der Waals surface area contributed by atoms with Crippen LogP contribution in [0.25, 0.3) is 0 Å². The molecule has 0 spiro atoms. The molecule has 27 heavy (non-hydrogen) atoms. The number of alkyl halides is 1. The molecule has 3 heteroatoms. The highest BCUT2D eigenvalue weighted by atomic mass is 79.9. The van der Waals surface area contributed by atoms with Gasteiger partial charge < -0.3 is 9.47 Å². The summed E-state index contributed by atoms with van der Waals surface area (Å²) in [7, 11) is 0. The minimum absolute atomic E-state index is 0.225. The van der Waals surface area contributed by atoms with Crippen LogP contribution in [0.2, 0.25) is 0 Å². The molecular formula is C24H47BrO2. The topological polar surface area (TPSA) is 21.8 Å². The fourth-order valence-electron chi connectivity index (χ4n) is 3.67. The Hall–Kier alpha value is 0.400. The van der Waals surface area contributed by atoms with Crippen LogP contribution in [-0.2, 0) is 9.47 Å². The lowest BCUT2D eigenvalue weighted by molar-refractivity contribution is 0.0944. The predicted octanol–water partition coefficient (Wildman–Crippen LogP) is 8.55. The Labute approximate surface area is 178 Å². The van der Waals surface area contributed by atoms with Gasteiger partial charge >= 0.3 is 0 Å². The van der Waals surface area contributed by atoms with Gasteiger partial charge in [-0.2, -0.15) is 0 Å². The summed E-state index contributed by atoms with van der Waals surface area (Å²) >= 11 is 3.61. The number of hydrogen-bond acceptors (Lipinski definition) is 2. The second kappa shape index (κ2) is 19.7. The lowest BCUT2D eigenvalue weighted by Crippen LogP contribution is -2.09. The monoisotopic (exact) mass is 446 g/mol. The molecule has 1 unspecified atom stereocenters. The molecule has 2 atom stereocenters. The van der Waals surface area contributed by atoms with Crippen molar-refractivity contribution in [2.24, 2.45) is 0 Å². The summed E-state index contributed by atoms with van der Waals surface area (Å²) in [6, 6.07) is 0. The molecule has 1 saturated heterocycles. The molecule has 1 heterocycles. The van der Waals surface area contributed by atoms with Crippen LogP contribution in [-0.4, -0.2) is 24.3 Å². The Morgan fingerprint density at radius 1 is 0.704 bits per heavy atom. The van der Waals surface area contributed by atoms with Crippen molar-refractivity contribution in [3.63, 3.8) is 0 Å². The third-order valence-electron chi connectivity index (χ3n) is 5.65. The van der Waals surface area contributed by atoms with E-state index in [4.69, 9.17) is 9.47 Å². The van der Waals surface area contributed by atoms with Gasteiger partial charge in [0.1, 0.15) is 11.1 Å². The molecule has 0 radical (unpaired) electrons. The zero-order valence-electron chi connectivity index (χ0n) is 18.2. The molecule has 1 aliphatic rings. The van der Waals surface area contributed by atoms with Crippen LogP contribution < -0.4 is 0 Å². The van der Waals surface area contributed by atoms with Crippen LogP contribution in [0.1, 0.15) is 129 Å². The normalized spacial score (nSPS) is 17.3. The molecule has 0 saturated carbocycles. The van der Waals surface area contributed by atoms with E-state index in [1.54, 1.807) is 0 Å². The molecule has 162 valence electrons. The number of ether oxygens (including phenoxy) is 2. The molecular weight excluding hydrogens is 400 g/mol. The van der Waals surface area contributed by atoms with Crippen molar-refractivity contribution < 1.29 is 9.47 Å². The van der Waals surface area contributed by atoms with Crippen LogP contribution in [0.5, 0.6) is 0 Å². The highest BCUT2D eigenvalue weighted by Crippen LogP contribution is 2.18. The minimum atomic E-state index is 0.225. The highest BCUT2D eigenvalue weighted by molar-refractivity contribution is 9.09. The molecule has 1 rings (SSSR count). The number of unbranched alkanes of at least 4 members (excludes halogenated alkanes) is 17. The maximum atomic E-state index is 5.69. The summed E-state index contributed by atoms with van der Waals surface area (Å²) in [5, 5.41) is 0.225. The van der Waals surface area contributed by atoms with E-state index in [9.17, 15) is 0 Å². The maximum Gasteiger partial charge on any atom is 0.112 e. The number of halogens is 1. The van der Waals surface area contributed by atoms with Crippen LogP contribution in [0.3, 0.4) is 0 Å². The fraction of sp³-hybridized carbons (Fsp3) is 1.00. The van der Waals surface area contributed by atoms with Crippen molar-refractivity contribution in [3.8, 4) is 0 Å². The lowest BCUT2D eigenvalue weighted by atomic mass is 10.0. The zero-order chi connectivity index (χ0) is 19.4. The van der Waals surface area contributed by atoms with Crippen LogP contribution in [0, 0.1) is 0 Å². The van der Waals surface area contributed by atoms with E-state index in [-0.39, 0.29) is 5.01 Å². The van der Waals surface area contributed by atoms with E-state index < -0.39 is 0 Å². The van der Waals surface area contributed by atoms with E-state index in [1.807, 2.05) is 0 Å². The lowest BCUT2D eigenvalue weighted by Gasteiger charge is -2.10. The number of epoxide rings is 1. The second-order valence-corrected chi connectivity index (χ2v) is 9.52. The maximum absolute atomic E-state index is 5.69. The van der Waals surface area contributed by atoms with Crippen molar-refractivity contribution in [2.45, 2.75) is 140 Å². The first-order valence-corrected chi connectivity index (χ1v) is 13.1. The van der Waals surface area contributed by atoms with E-state index in [2.05, 4.69) is 22.9 Å². The standard InChI is InChI=1S/C24H47BrO2/c1-2-3-4-5-6-7-8-9-10-11-12-13-14-15-16-17-18-19-20-24(25)27-22-23-21-26-23/h23-24H,2-22H2,1H3/t23?,24-/m1/s1. The summed E-state index contributed by atoms with van der Waals surface area (Å²) in [6.45, 7) is 3.94. The van der Waals surface area contributed by atoms with Gasteiger partial charge in [-0.1, -0.05) is 132 Å². The highest BCUT2D eigenvalue weighted by Gasteiger charge is 2.23. The van der Waals surface area contributed by atoms with Gasteiger partial charge in [0, 0.05) is 0 Å². The van der Waals surface area contributed by atoms with Gasteiger partial charge in [0.2, 0.25) is 0 Å². The summed E-state index contributed by atoms with van der Waals surface area (Å²) < 4.78 is 10.8. The Balaban J connectivity index is 1.64. The Kier molecular flexibility index (Phi) is 18.6. The largest absolute Gasteiger partial charge is 0.371 e.